The first-order valence-corrected chi connectivity index (χ1v) is 14.6. The fourth-order valence-corrected chi connectivity index (χ4v) is 9.09. The lowest BCUT2D eigenvalue weighted by atomic mass is 9.91. The average molecular weight is 725 g/mol. The Bertz CT molecular complexity index is 1630. The van der Waals surface area contributed by atoms with E-state index < -0.39 is 78.9 Å². The second-order valence-electron chi connectivity index (χ2n) is 9.33. The van der Waals surface area contributed by atoms with Crippen molar-refractivity contribution in [2.75, 3.05) is 11.5 Å². The molecule has 0 aromatic heterocycles. The zero-order valence-corrected chi connectivity index (χ0v) is 22.6. The van der Waals surface area contributed by atoms with Crippen molar-refractivity contribution in [2.45, 2.75) is 58.3 Å². The molecule has 0 unspecified atom stereocenters. The maximum absolute atomic E-state index is 14.7. The normalized spacial score (nSPS) is 18.3. The van der Waals surface area contributed by atoms with Gasteiger partial charge in [-0.2, -0.15) is 88.3 Å². The minimum absolute atomic E-state index is 0.000596. The first-order chi connectivity index (χ1) is 20.0. The summed E-state index contributed by atoms with van der Waals surface area (Å²) in [5.41, 5.74) is -0.112. The fraction of sp³-hybridized carbons (Fsp3) is 0.500. The molecule has 0 saturated carbocycles. The smallest absolute Gasteiger partial charge is 0.211 e. The lowest BCUT2D eigenvalue weighted by Crippen LogP contribution is -2.75. The van der Waals surface area contributed by atoms with Crippen LogP contribution in [0.2, 0.25) is 0 Å². The van der Waals surface area contributed by atoms with Crippen LogP contribution in [0.15, 0.2) is 41.3 Å². The van der Waals surface area contributed by atoms with Gasteiger partial charge in [-0.3, -0.25) is 0 Å². The van der Waals surface area contributed by atoms with Gasteiger partial charge in [-0.25, -0.2) is 3.63 Å². The summed E-state index contributed by atoms with van der Waals surface area (Å²) in [5, 5.41) is 1.35. The molecule has 0 aliphatic carbocycles. The van der Waals surface area contributed by atoms with Gasteiger partial charge in [0.2, 0.25) is 0 Å². The summed E-state index contributed by atoms with van der Waals surface area (Å²) in [6.45, 7) is 0. The van der Waals surface area contributed by atoms with Crippen molar-refractivity contribution in [1.29, 1.82) is 5.26 Å². The minimum atomic E-state index is -8.93. The predicted octanol–water partition coefficient (Wildman–Crippen LogP) is 8.51. The zero-order chi connectivity index (χ0) is 35.1. The quantitative estimate of drug-likeness (QED) is 0.231. The van der Waals surface area contributed by atoms with Gasteiger partial charge in [0, 0.05) is 21.8 Å². The Morgan fingerprint density at radius 3 is 1.44 bits per heavy atom. The van der Waals surface area contributed by atoms with Crippen LogP contribution in [0.4, 0.5) is 74.6 Å². The van der Waals surface area contributed by atoms with E-state index in [0.29, 0.717) is 0 Å². The summed E-state index contributed by atoms with van der Waals surface area (Å²) < 4.78 is 261. The summed E-state index contributed by atoms with van der Waals surface area (Å²) in [7, 11) is -11.6. The Kier molecular flexibility index (Phi) is 8.47. The number of hydrogen-bond acceptors (Lipinski definition) is 4. The van der Waals surface area contributed by atoms with Gasteiger partial charge in [0.25, 0.3) is 0 Å². The topological polar surface area (TPSA) is 67.2 Å². The van der Waals surface area contributed by atoms with E-state index in [0.717, 1.165) is 18.2 Å². The van der Waals surface area contributed by atoms with Gasteiger partial charge in [0.1, 0.15) is 0 Å². The molecule has 23 heteroatoms. The van der Waals surface area contributed by atoms with E-state index >= 15 is 0 Å². The van der Waals surface area contributed by atoms with Crippen molar-refractivity contribution in [3.63, 3.8) is 0 Å². The van der Waals surface area contributed by atoms with Crippen LogP contribution in [0.25, 0.3) is 10.8 Å². The van der Waals surface area contributed by atoms with Gasteiger partial charge < -0.3 is 0 Å². The van der Waals surface area contributed by atoms with E-state index in [1.807, 2.05) is 0 Å². The highest BCUT2D eigenvalue weighted by Gasteiger charge is 2.96. The molecule has 1 saturated heterocycles. The summed E-state index contributed by atoms with van der Waals surface area (Å²) in [5.74, 6) is -53.4. The zero-order valence-electron chi connectivity index (χ0n) is 21.0. The summed E-state index contributed by atoms with van der Waals surface area (Å²) in [4.78, 5) is -0.385. The molecule has 45 heavy (non-hydrogen) atoms. The SMILES string of the molecule is N#Cc1ccc(S2(OS(=O)(=O)C(F)(F)C(F)(F)C(F)(F)C(F)(F)C(F)(F)C(F)(F)C(F)(F)C(F)(F)F)CCC2)c2ccccc12. The molecule has 0 atom stereocenters. The van der Waals surface area contributed by atoms with Crippen LogP contribution in [0.3, 0.4) is 0 Å². The van der Waals surface area contributed by atoms with Crippen molar-refractivity contribution < 1.29 is 86.7 Å². The number of rotatable bonds is 10. The van der Waals surface area contributed by atoms with E-state index in [1.165, 1.54) is 18.2 Å². The summed E-state index contributed by atoms with van der Waals surface area (Å²) in [6, 6.07) is 8.53. The van der Waals surface area contributed by atoms with Crippen LogP contribution in [0.5, 0.6) is 0 Å². The number of halogens is 17. The molecule has 3 rings (SSSR count). The highest BCUT2D eigenvalue weighted by molar-refractivity contribution is 8.34. The molecule has 1 heterocycles. The standard InChI is InChI=1S/C22H12F17NO3S2/c23-15(24,17(27,28)19(31,32)21(35,36)37)16(25,26)18(29,30)20(33,34)22(38,39)45(41,42)43-44(8-3-9-44)14-7-6-11(10-40)12-4-1-2-5-13(12)14/h1-2,4-7H,3,8-9H2. The molecule has 254 valence electrons. The largest absolute Gasteiger partial charge is 0.460 e. The third-order valence-corrected chi connectivity index (χ3v) is 12.3. The first kappa shape index (κ1) is 36.7. The lowest BCUT2D eigenvalue weighted by Gasteiger charge is -2.47. The van der Waals surface area contributed by atoms with Gasteiger partial charge in [-0.05, 0) is 23.9 Å². The van der Waals surface area contributed by atoms with E-state index in [1.54, 1.807) is 6.07 Å². The number of hydrogen-bond donors (Lipinski definition) is 0. The van der Waals surface area contributed by atoms with Crippen molar-refractivity contribution in [3.05, 3.63) is 42.0 Å². The summed E-state index contributed by atoms with van der Waals surface area (Å²) in [6.07, 6.45) is -8.03. The Balaban J connectivity index is 2.13. The maximum Gasteiger partial charge on any atom is 0.460 e. The Hall–Kier alpha value is -2.74. The Labute approximate surface area is 241 Å². The van der Waals surface area contributed by atoms with Gasteiger partial charge in [-0.15, -0.1) is 0 Å². The van der Waals surface area contributed by atoms with E-state index in [2.05, 4.69) is 3.63 Å². The second-order valence-corrected chi connectivity index (χ2v) is 14.2. The third kappa shape index (κ3) is 4.79. The molecule has 0 amide bonds. The molecule has 1 aliphatic rings. The van der Waals surface area contributed by atoms with Gasteiger partial charge >= 0.3 is 57.1 Å². The third-order valence-electron chi connectivity index (χ3n) is 6.58. The number of nitriles is 1. The van der Waals surface area contributed by atoms with Crippen LogP contribution < -0.4 is 0 Å². The number of alkyl halides is 17. The molecule has 0 spiro atoms. The van der Waals surface area contributed by atoms with E-state index in [4.69, 9.17) is 0 Å². The maximum atomic E-state index is 14.7. The lowest BCUT2D eigenvalue weighted by molar-refractivity contribution is -0.458. The molecule has 2 aromatic carbocycles. The van der Waals surface area contributed by atoms with Crippen LogP contribution in [0, 0.1) is 11.3 Å². The Morgan fingerprint density at radius 2 is 1.04 bits per heavy atom. The van der Waals surface area contributed by atoms with Crippen molar-refractivity contribution >= 4 is 31.2 Å². The monoisotopic (exact) mass is 725 g/mol. The summed E-state index contributed by atoms with van der Waals surface area (Å²) >= 11 is 0. The van der Waals surface area contributed by atoms with Gasteiger partial charge in [0.05, 0.1) is 11.6 Å². The number of nitrogens with zero attached hydrogens (tertiary/aromatic N) is 1. The molecule has 1 aliphatic heterocycles. The molecule has 4 nitrogen and oxygen atoms in total. The fourth-order valence-electron chi connectivity index (χ4n) is 3.95. The van der Waals surface area contributed by atoms with Crippen LogP contribution in [-0.4, -0.2) is 66.9 Å². The van der Waals surface area contributed by atoms with Crippen LogP contribution in [0.1, 0.15) is 12.0 Å². The molecule has 2 aromatic rings. The van der Waals surface area contributed by atoms with Crippen molar-refractivity contribution in [2.24, 2.45) is 0 Å². The van der Waals surface area contributed by atoms with E-state index in [9.17, 15) is 88.3 Å². The highest BCUT2D eigenvalue weighted by Crippen LogP contribution is 2.69. The highest BCUT2D eigenvalue weighted by atomic mass is 32.3. The molecular formula is C22H12F17NO3S2. The predicted molar refractivity (Wildman–Crippen MR) is 120 cm³/mol. The Morgan fingerprint density at radius 1 is 0.622 bits per heavy atom. The molecule has 0 N–H and O–H groups in total. The second kappa shape index (κ2) is 10.4. The van der Waals surface area contributed by atoms with Gasteiger partial charge in [0.15, 0.2) is 0 Å². The number of fused-ring (bicyclic) bond motifs is 1. The van der Waals surface area contributed by atoms with Crippen LogP contribution >= 0.6 is 10.3 Å². The van der Waals surface area contributed by atoms with Crippen LogP contribution in [-0.2, 0) is 13.7 Å². The van der Waals surface area contributed by atoms with Crippen molar-refractivity contribution in [3.8, 4) is 6.07 Å². The number of benzene rings is 2. The molecule has 0 radical (unpaired) electrons. The minimum Gasteiger partial charge on any atom is -0.211 e. The molecule has 1 fully saturated rings. The van der Waals surface area contributed by atoms with Gasteiger partial charge in [-0.1, -0.05) is 34.6 Å². The molecular weight excluding hydrogens is 713 g/mol. The van der Waals surface area contributed by atoms with E-state index in [-0.39, 0.29) is 27.7 Å². The first-order valence-electron chi connectivity index (χ1n) is 11.3. The van der Waals surface area contributed by atoms with Crippen molar-refractivity contribution in [1.82, 2.24) is 0 Å². The average Bonchev–Trinajstić information content (AvgIpc) is 2.88. The molecule has 0 bridgehead atoms.